The maximum Gasteiger partial charge on any atom is 0.0827 e. The topological polar surface area (TPSA) is 42.1 Å². The van der Waals surface area contributed by atoms with Crippen molar-refractivity contribution in [3.8, 4) is 0 Å². The van der Waals surface area contributed by atoms with Crippen molar-refractivity contribution in [1.29, 1.82) is 0 Å². The molecule has 0 aliphatic heterocycles. The molecule has 1 heterocycles. The van der Waals surface area contributed by atoms with Gasteiger partial charge in [-0.1, -0.05) is 61.6 Å². The van der Waals surface area contributed by atoms with Gasteiger partial charge in [-0.25, -0.2) is 0 Å². The SMILES string of the molecule is CCc1ccc(CN(CCN)C(=S)Cc2ccc3cnccc3c2)cc1. The molecule has 134 valence electrons. The Kier molecular flexibility index (Phi) is 6.31. The zero-order valence-corrected chi connectivity index (χ0v) is 16.0. The van der Waals surface area contributed by atoms with Gasteiger partial charge in [0.15, 0.2) is 0 Å². The van der Waals surface area contributed by atoms with E-state index in [1.54, 1.807) is 0 Å². The van der Waals surface area contributed by atoms with E-state index in [0.29, 0.717) is 6.54 Å². The van der Waals surface area contributed by atoms with Crippen molar-refractivity contribution in [2.24, 2.45) is 5.73 Å². The predicted molar refractivity (Wildman–Crippen MR) is 113 cm³/mol. The number of aromatic nitrogens is 1. The number of aryl methyl sites for hydroxylation is 1. The molecule has 0 radical (unpaired) electrons. The molecule has 3 aromatic rings. The van der Waals surface area contributed by atoms with Gasteiger partial charge in [0.25, 0.3) is 0 Å². The maximum atomic E-state index is 5.83. The zero-order valence-electron chi connectivity index (χ0n) is 15.2. The highest BCUT2D eigenvalue weighted by Crippen LogP contribution is 2.17. The molecule has 3 rings (SSSR count). The first-order chi connectivity index (χ1) is 12.7. The molecule has 0 saturated heterocycles. The Morgan fingerprint density at radius 3 is 2.46 bits per heavy atom. The van der Waals surface area contributed by atoms with Crippen LogP contribution in [-0.4, -0.2) is 28.0 Å². The zero-order chi connectivity index (χ0) is 18.4. The molecule has 0 bridgehead atoms. The van der Waals surface area contributed by atoms with E-state index in [0.717, 1.165) is 36.3 Å². The number of pyridine rings is 1. The number of benzene rings is 2. The smallest absolute Gasteiger partial charge is 0.0827 e. The van der Waals surface area contributed by atoms with Gasteiger partial charge in [0, 0.05) is 43.8 Å². The molecule has 2 aromatic carbocycles. The van der Waals surface area contributed by atoms with Crippen LogP contribution in [0.1, 0.15) is 23.6 Å². The fourth-order valence-corrected chi connectivity index (χ4v) is 3.40. The lowest BCUT2D eigenvalue weighted by atomic mass is 10.1. The van der Waals surface area contributed by atoms with Crippen molar-refractivity contribution in [2.75, 3.05) is 13.1 Å². The van der Waals surface area contributed by atoms with Gasteiger partial charge >= 0.3 is 0 Å². The highest BCUT2D eigenvalue weighted by molar-refractivity contribution is 7.80. The van der Waals surface area contributed by atoms with Crippen molar-refractivity contribution < 1.29 is 0 Å². The van der Waals surface area contributed by atoms with E-state index < -0.39 is 0 Å². The van der Waals surface area contributed by atoms with Gasteiger partial charge in [-0.15, -0.1) is 0 Å². The van der Waals surface area contributed by atoms with Crippen LogP contribution in [0.5, 0.6) is 0 Å². The fraction of sp³-hybridized carbons (Fsp3) is 0.273. The van der Waals surface area contributed by atoms with E-state index in [1.165, 1.54) is 22.1 Å². The minimum Gasteiger partial charge on any atom is -0.360 e. The van der Waals surface area contributed by atoms with E-state index in [1.807, 2.05) is 18.5 Å². The van der Waals surface area contributed by atoms with Crippen LogP contribution in [0.25, 0.3) is 10.8 Å². The molecule has 26 heavy (non-hydrogen) atoms. The molecule has 0 atom stereocenters. The second-order valence-electron chi connectivity index (χ2n) is 6.51. The lowest BCUT2D eigenvalue weighted by molar-refractivity contribution is 0.424. The van der Waals surface area contributed by atoms with Gasteiger partial charge in [0.2, 0.25) is 0 Å². The average molecular weight is 364 g/mol. The van der Waals surface area contributed by atoms with E-state index in [4.69, 9.17) is 18.0 Å². The first-order valence-corrected chi connectivity index (χ1v) is 9.48. The van der Waals surface area contributed by atoms with Crippen LogP contribution in [0.4, 0.5) is 0 Å². The third kappa shape index (κ3) is 4.65. The molecule has 4 heteroatoms. The first-order valence-electron chi connectivity index (χ1n) is 9.08. The molecule has 0 saturated carbocycles. The molecule has 0 aliphatic rings. The summed E-state index contributed by atoms with van der Waals surface area (Å²) in [6.07, 6.45) is 5.52. The quantitative estimate of drug-likeness (QED) is 0.641. The van der Waals surface area contributed by atoms with Gasteiger partial charge in [-0.3, -0.25) is 4.98 Å². The highest BCUT2D eigenvalue weighted by Gasteiger charge is 2.11. The van der Waals surface area contributed by atoms with Crippen molar-refractivity contribution in [3.63, 3.8) is 0 Å². The molecule has 0 amide bonds. The molecule has 3 nitrogen and oxygen atoms in total. The molecule has 0 unspecified atom stereocenters. The largest absolute Gasteiger partial charge is 0.360 e. The molecule has 0 fully saturated rings. The summed E-state index contributed by atoms with van der Waals surface area (Å²) in [6, 6.07) is 17.2. The standard InChI is InChI=1S/C22H25N3S/c1-2-17-3-5-18(6-4-17)16-25(12-10-23)22(26)14-19-7-8-21-15-24-11-9-20(21)13-19/h3-9,11,13,15H,2,10,12,14,16,23H2,1H3. The number of hydrogen-bond acceptors (Lipinski definition) is 3. The Labute approximate surface area is 160 Å². The summed E-state index contributed by atoms with van der Waals surface area (Å²) < 4.78 is 0. The van der Waals surface area contributed by atoms with E-state index in [-0.39, 0.29) is 0 Å². The van der Waals surface area contributed by atoms with Crippen molar-refractivity contribution in [1.82, 2.24) is 9.88 Å². The second-order valence-corrected chi connectivity index (χ2v) is 6.98. The van der Waals surface area contributed by atoms with Crippen molar-refractivity contribution in [3.05, 3.63) is 77.6 Å². The minimum absolute atomic E-state index is 0.594. The minimum atomic E-state index is 0.594. The van der Waals surface area contributed by atoms with Crippen LogP contribution in [0, 0.1) is 0 Å². The molecular weight excluding hydrogens is 338 g/mol. The summed E-state index contributed by atoms with van der Waals surface area (Å²) in [7, 11) is 0. The fourth-order valence-electron chi connectivity index (χ4n) is 3.08. The Bertz CT molecular complexity index is 874. The summed E-state index contributed by atoms with van der Waals surface area (Å²) in [6.45, 7) is 4.34. The number of thiocarbonyl (C=S) groups is 1. The van der Waals surface area contributed by atoms with Gasteiger partial charge < -0.3 is 10.6 Å². The maximum absolute atomic E-state index is 5.83. The summed E-state index contributed by atoms with van der Waals surface area (Å²) in [4.78, 5) is 7.32. The molecule has 1 aromatic heterocycles. The average Bonchev–Trinajstić information content (AvgIpc) is 2.68. The second kappa shape index (κ2) is 8.88. The van der Waals surface area contributed by atoms with Crippen LogP contribution in [0.15, 0.2) is 60.9 Å². The highest BCUT2D eigenvalue weighted by atomic mass is 32.1. The van der Waals surface area contributed by atoms with Gasteiger partial charge in [0.1, 0.15) is 0 Å². The van der Waals surface area contributed by atoms with Crippen LogP contribution in [-0.2, 0) is 19.4 Å². The number of nitrogens with two attached hydrogens (primary N) is 1. The lowest BCUT2D eigenvalue weighted by Crippen LogP contribution is -2.34. The van der Waals surface area contributed by atoms with Gasteiger partial charge in [-0.2, -0.15) is 0 Å². The Morgan fingerprint density at radius 1 is 1.00 bits per heavy atom. The number of nitrogens with zero attached hydrogens (tertiary/aromatic N) is 2. The van der Waals surface area contributed by atoms with Crippen LogP contribution < -0.4 is 5.73 Å². The van der Waals surface area contributed by atoms with Crippen LogP contribution >= 0.6 is 12.2 Å². The number of hydrogen-bond donors (Lipinski definition) is 1. The Morgan fingerprint density at radius 2 is 1.73 bits per heavy atom. The van der Waals surface area contributed by atoms with Crippen molar-refractivity contribution in [2.45, 2.75) is 26.3 Å². The normalized spacial score (nSPS) is 10.8. The Hall–Kier alpha value is -2.30. The molecule has 0 spiro atoms. The molecular formula is C22H25N3S. The third-order valence-corrected chi connectivity index (χ3v) is 5.02. The van der Waals surface area contributed by atoms with E-state index in [2.05, 4.69) is 59.3 Å². The van der Waals surface area contributed by atoms with Crippen LogP contribution in [0.2, 0.25) is 0 Å². The number of rotatable bonds is 7. The van der Waals surface area contributed by atoms with Gasteiger partial charge in [0.05, 0.1) is 4.99 Å². The van der Waals surface area contributed by atoms with E-state index >= 15 is 0 Å². The summed E-state index contributed by atoms with van der Waals surface area (Å²) in [5.41, 5.74) is 9.67. The predicted octanol–water partition coefficient (Wildman–Crippen LogP) is 4.13. The van der Waals surface area contributed by atoms with Crippen molar-refractivity contribution >= 4 is 28.0 Å². The summed E-state index contributed by atoms with van der Waals surface area (Å²) in [5, 5.41) is 2.35. The lowest BCUT2D eigenvalue weighted by Gasteiger charge is -2.25. The summed E-state index contributed by atoms with van der Waals surface area (Å²) >= 11 is 5.75. The van der Waals surface area contributed by atoms with Gasteiger partial charge in [-0.05, 0) is 34.6 Å². The molecule has 0 aliphatic carbocycles. The number of fused-ring (bicyclic) bond motifs is 1. The van der Waals surface area contributed by atoms with E-state index in [9.17, 15) is 0 Å². The van der Waals surface area contributed by atoms with Crippen LogP contribution in [0.3, 0.4) is 0 Å². The monoisotopic (exact) mass is 363 g/mol. The Balaban J connectivity index is 1.72. The first kappa shape index (κ1) is 18.5. The third-order valence-electron chi connectivity index (χ3n) is 4.62. The molecule has 2 N–H and O–H groups in total. The summed E-state index contributed by atoms with van der Waals surface area (Å²) in [5.74, 6) is 0.